The highest BCUT2D eigenvalue weighted by Crippen LogP contribution is 2.44. The van der Waals surface area contributed by atoms with Gasteiger partial charge in [-0.05, 0) is 48.2 Å². The zero-order valence-corrected chi connectivity index (χ0v) is 17.9. The third kappa shape index (κ3) is 4.29. The highest BCUT2D eigenvalue weighted by Gasteiger charge is 2.45. The highest BCUT2D eigenvalue weighted by atomic mass is 35.5. The van der Waals surface area contributed by atoms with Gasteiger partial charge in [0, 0.05) is 32.2 Å². The topological polar surface area (TPSA) is 39.5 Å². The molecule has 2 aliphatic heterocycles. The Bertz CT molecular complexity index is 821. The molecule has 6 heteroatoms. The van der Waals surface area contributed by atoms with Crippen LogP contribution in [0.4, 0.5) is 0 Å². The number of rotatable bonds is 4. The van der Waals surface area contributed by atoms with Gasteiger partial charge in [0.2, 0.25) is 0 Å². The lowest BCUT2D eigenvalue weighted by molar-refractivity contribution is 0.224. The minimum atomic E-state index is 0. The summed E-state index contributed by atoms with van der Waals surface area (Å²) in [7, 11) is 3.95. The van der Waals surface area contributed by atoms with E-state index in [0.717, 1.165) is 43.1 Å². The van der Waals surface area contributed by atoms with E-state index in [9.17, 15) is 5.26 Å². The fourth-order valence-electron chi connectivity index (χ4n) is 4.79. The summed E-state index contributed by atoms with van der Waals surface area (Å²) in [5.74, 6) is 2.25. The van der Waals surface area contributed by atoms with Gasteiger partial charge in [0.15, 0.2) is 0 Å². The number of fused-ring (bicyclic) bond motifs is 1. The van der Waals surface area contributed by atoms with Crippen molar-refractivity contribution in [3.8, 4) is 11.8 Å². The van der Waals surface area contributed by atoms with Gasteiger partial charge in [-0.25, -0.2) is 0 Å². The molecular formula is C22H27Cl2N3O. The summed E-state index contributed by atoms with van der Waals surface area (Å²) < 4.78 is 5.30. The first-order chi connectivity index (χ1) is 12.7. The minimum absolute atomic E-state index is 0. The first kappa shape index (κ1) is 22.5. The molecule has 4 rings (SSSR count). The fraction of sp³-hybridized carbons (Fsp3) is 0.409. The average Bonchev–Trinajstić information content (AvgIpc) is 3.18. The van der Waals surface area contributed by atoms with E-state index < -0.39 is 0 Å². The number of nitrogens with zero attached hydrogens (tertiary/aromatic N) is 3. The minimum Gasteiger partial charge on any atom is -0.497 e. The predicted molar refractivity (Wildman–Crippen MR) is 116 cm³/mol. The molecule has 0 N–H and O–H groups in total. The van der Waals surface area contributed by atoms with E-state index in [0.29, 0.717) is 17.9 Å². The summed E-state index contributed by atoms with van der Waals surface area (Å²) >= 11 is 0. The molecule has 4 nitrogen and oxygen atoms in total. The molecule has 0 aliphatic carbocycles. The Labute approximate surface area is 179 Å². The third-order valence-corrected chi connectivity index (χ3v) is 5.96. The van der Waals surface area contributed by atoms with Crippen molar-refractivity contribution in [1.29, 1.82) is 5.26 Å². The smallest absolute Gasteiger partial charge is 0.118 e. The second-order valence-electron chi connectivity index (χ2n) is 7.54. The van der Waals surface area contributed by atoms with Gasteiger partial charge in [-0.15, -0.1) is 24.8 Å². The second-order valence-corrected chi connectivity index (χ2v) is 7.54. The molecule has 0 bridgehead atoms. The van der Waals surface area contributed by atoms with Crippen molar-refractivity contribution >= 4 is 24.8 Å². The fourth-order valence-corrected chi connectivity index (χ4v) is 4.79. The Hall–Kier alpha value is -1.77. The molecule has 0 spiro atoms. The van der Waals surface area contributed by atoms with Gasteiger partial charge in [0.1, 0.15) is 5.75 Å². The molecule has 2 saturated heterocycles. The van der Waals surface area contributed by atoms with Crippen LogP contribution in [-0.2, 0) is 6.54 Å². The van der Waals surface area contributed by atoms with Gasteiger partial charge >= 0.3 is 0 Å². The van der Waals surface area contributed by atoms with E-state index in [2.05, 4.69) is 53.2 Å². The Balaban J connectivity index is 0.00000140. The summed E-state index contributed by atoms with van der Waals surface area (Å²) in [5, 5.41) is 9.34. The number of methoxy groups -OCH3 is 1. The highest BCUT2D eigenvalue weighted by molar-refractivity contribution is 5.85. The largest absolute Gasteiger partial charge is 0.497 e. The number of hydrogen-bond acceptors (Lipinski definition) is 4. The van der Waals surface area contributed by atoms with Crippen molar-refractivity contribution in [2.24, 2.45) is 11.8 Å². The second kappa shape index (κ2) is 9.62. The third-order valence-electron chi connectivity index (χ3n) is 5.96. The normalized spacial score (nSPS) is 24.0. The van der Waals surface area contributed by atoms with E-state index in [4.69, 9.17) is 4.74 Å². The lowest BCUT2D eigenvalue weighted by Gasteiger charge is -2.27. The van der Waals surface area contributed by atoms with Gasteiger partial charge in [-0.3, -0.25) is 9.80 Å². The van der Waals surface area contributed by atoms with Crippen molar-refractivity contribution in [2.45, 2.75) is 12.6 Å². The van der Waals surface area contributed by atoms with Crippen LogP contribution in [0.3, 0.4) is 0 Å². The molecule has 2 aromatic carbocycles. The van der Waals surface area contributed by atoms with Crippen molar-refractivity contribution in [2.75, 3.05) is 33.8 Å². The van der Waals surface area contributed by atoms with E-state index >= 15 is 0 Å². The molecule has 0 amide bonds. The Morgan fingerprint density at radius 3 is 2.43 bits per heavy atom. The standard InChI is InChI=1S/C22H25N3O.2ClH/c1-24-12-19-14-25(13-18-6-4-3-5-17(18)11-23)15-21(19)22(24)16-7-9-20(26-2)10-8-16;;/h3-10,19,21-22H,12-15H2,1-2H3;2*1H/t19-,21+,22-;;/m0../s1. The summed E-state index contributed by atoms with van der Waals surface area (Å²) in [5.41, 5.74) is 3.32. The van der Waals surface area contributed by atoms with Crippen LogP contribution in [-0.4, -0.2) is 43.6 Å². The Morgan fingerprint density at radius 1 is 1.04 bits per heavy atom. The van der Waals surface area contributed by atoms with Crippen LogP contribution in [0.5, 0.6) is 5.75 Å². The van der Waals surface area contributed by atoms with E-state index in [1.165, 1.54) is 5.56 Å². The molecule has 0 radical (unpaired) electrons. The van der Waals surface area contributed by atoms with Crippen molar-refractivity contribution in [3.63, 3.8) is 0 Å². The zero-order chi connectivity index (χ0) is 18.1. The van der Waals surface area contributed by atoms with Gasteiger partial charge < -0.3 is 4.74 Å². The molecule has 3 atom stereocenters. The van der Waals surface area contributed by atoms with Gasteiger partial charge in [0.25, 0.3) is 0 Å². The Kier molecular flexibility index (Phi) is 7.74. The summed E-state index contributed by atoms with van der Waals surface area (Å²) in [6.07, 6.45) is 0. The summed E-state index contributed by atoms with van der Waals surface area (Å²) in [4.78, 5) is 5.02. The summed E-state index contributed by atoms with van der Waals surface area (Å²) in [6, 6.07) is 19.3. The van der Waals surface area contributed by atoms with Crippen LogP contribution in [0, 0.1) is 23.2 Å². The molecule has 0 aromatic heterocycles. The van der Waals surface area contributed by atoms with E-state index in [-0.39, 0.29) is 24.8 Å². The first-order valence-electron chi connectivity index (χ1n) is 9.24. The zero-order valence-electron chi connectivity index (χ0n) is 16.2. The maximum atomic E-state index is 9.34. The number of halogens is 2. The molecule has 2 aromatic rings. The average molecular weight is 420 g/mol. The van der Waals surface area contributed by atoms with Crippen LogP contribution in [0.25, 0.3) is 0 Å². The molecular weight excluding hydrogens is 393 g/mol. The molecule has 2 heterocycles. The quantitative estimate of drug-likeness (QED) is 0.745. The van der Waals surface area contributed by atoms with Gasteiger partial charge in [-0.1, -0.05) is 30.3 Å². The number of benzene rings is 2. The lowest BCUT2D eigenvalue weighted by Crippen LogP contribution is -2.29. The van der Waals surface area contributed by atoms with Gasteiger partial charge in [-0.2, -0.15) is 5.26 Å². The van der Waals surface area contributed by atoms with Crippen molar-refractivity contribution in [1.82, 2.24) is 9.80 Å². The van der Waals surface area contributed by atoms with Gasteiger partial charge in [0.05, 0.1) is 18.7 Å². The lowest BCUT2D eigenvalue weighted by atomic mass is 9.89. The van der Waals surface area contributed by atoms with Crippen LogP contribution >= 0.6 is 24.8 Å². The molecule has 28 heavy (non-hydrogen) atoms. The Morgan fingerprint density at radius 2 is 1.75 bits per heavy atom. The number of nitriles is 1. The van der Waals surface area contributed by atoms with E-state index in [1.807, 2.05) is 18.2 Å². The number of likely N-dealkylation sites (tertiary alicyclic amines) is 2. The maximum Gasteiger partial charge on any atom is 0.118 e. The van der Waals surface area contributed by atoms with Crippen molar-refractivity contribution < 1.29 is 4.74 Å². The predicted octanol–water partition coefficient (Wildman–Crippen LogP) is 4.15. The van der Waals surface area contributed by atoms with Crippen molar-refractivity contribution in [3.05, 3.63) is 65.2 Å². The van der Waals surface area contributed by atoms with E-state index in [1.54, 1.807) is 7.11 Å². The van der Waals surface area contributed by atoms with Crippen LogP contribution < -0.4 is 4.74 Å². The molecule has 2 aliphatic rings. The molecule has 2 fully saturated rings. The molecule has 0 unspecified atom stereocenters. The number of hydrogen-bond donors (Lipinski definition) is 0. The molecule has 0 saturated carbocycles. The first-order valence-corrected chi connectivity index (χ1v) is 9.24. The maximum absolute atomic E-state index is 9.34. The van der Waals surface area contributed by atoms with Crippen LogP contribution in [0.1, 0.15) is 22.7 Å². The number of ether oxygens (including phenoxy) is 1. The molecule has 150 valence electrons. The summed E-state index contributed by atoms with van der Waals surface area (Å²) in [6.45, 7) is 4.21. The van der Waals surface area contributed by atoms with Crippen LogP contribution in [0.15, 0.2) is 48.5 Å². The monoisotopic (exact) mass is 419 g/mol. The SMILES string of the molecule is COc1ccc([C@H]2[C@@H]3CN(Cc4ccccc4C#N)C[C@@H]3CN2C)cc1.Cl.Cl. The van der Waals surface area contributed by atoms with Crippen LogP contribution in [0.2, 0.25) is 0 Å².